The number of hydrogen-bond donors (Lipinski definition) is 1. The highest BCUT2D eigenvalue weighted by Gasteiger charge is 2.23. The Labute approximate surface area is 139 Å². The summed E-state index contributed by atoms with van der Waals surface area (Å²) in [7, 11) is 0. The first-order valence-corrected chi connectivity index (χ1v) is 7.61. The molecule has 4 heteroatoms. The number of aromatic nitrogens is 1. The number of pyridine rings is 1. The lowest BCUT2D eigenvalue weighted by molar-refractivity contribution is -0.110. The molecule has 1 aromatic heterocycles. The Bertz CT molecular complexity index is 916. The van der Waals surface area contributed by atoms with Gasteiger partial charge in [-0.05, 0) is 35.9 Å². The van der Waals surface area contributed by atoms with Crippen LogP contribution in [0.1, 0.15) is 11.1 Å². The van der Waals surface area contributed by atoms with Crippen LogP contribution in [-0.2, 0) is 4.79 Å². The van der Waals surface area contributed by atoms with Crippen LogP contribution in [0.25, 0.3) is 11.6 Å². The van der Waals surface area contributed by atoms with Crippen LogP contribution >= 0.6 is 0 Å². The molecule has 4 rings (SSSR count). The summed E-state index contributed by atoms with van der Waals surface area (Å²) < 4.78 is 5.67. The summed E-state index contributed by atoms with van der Waals surface area (Å²) in [5.41, 5.74) is 3.24. The first-order valence-electron chi connectivity index (χ1n) is 7.61. The molecule has 1 aliphatic heterocycles. The number of hydrogen-bond acceptors (Lipinski definition) is 3. The summed E-state index contributed by atoms with van der Waals surface area (Å²) in [5.74, 6) is 1.15. The van der Waals surface area contributed by atoms with Crippen molar-refractivity contribution < 1.29 is 9.53 Å². The molecule has 2 aromatic carbocycles. The summed E-state index contributed by atoms with van der Waals surface area (Å²) >= 11 is 0. The first-order chi connectivity index (χ1) is 11.8. The van der Waals surface area contributed by atoms with Crippen molar-refractivity contribution >= 4 is 23.2 Å². The third-order valence-electron chi connectivity index (χ3n) is 3.75. The fourth-order valence-corrected chi connectivity index (χ4v) is 2.60. The minimum Gasteiger partial charge on any atom is -0.439 e. The summed E-state index contributed by atoms with van der Waals surface area (Å²) in [6.07, 6.45) is 3.53. The van der Waals surface area contributed by atoms with Crippen LogP contribution < -0.4 is 10.1 Å². The van der Waals surface area contributed by atoms with Crippen molar-refractivity contribution in [3.8, 4) is 11.6 Å². The molecule has 4 nitrogen and oxygen atoms in total. The lowest BCUT2D eigenvalue weighted by Gasteiger charge is -2.04. The molecule has 0 saturated heterocycles. The van der Waals surface area contributed by atoms with Crippen LogP contribution in [0.2, 0.25) is 0 Å². The van der Waals surface area contributed by atoms with Crippen LogP contribution in [0.5, 0.6) is 11.6 Å². The molecule has 0 spiro atoms. The topological polar surface area (TPSA) is 51.2 Å². The number of ether oxygens (including phenoxy) is 1. The minimum atomic E-state index is -0.0965. The van der Waals surface area contributed by atoms with Gasteiger partial charge in [-0.1, -0.05) is 36.4 Å². The zero-order chi connectivity index (χ0) is 16.4. The number of para-hydroxylation sites is 2. The van der Waals surface area contributed by atoms with Gasteiger partial charge in [0.15, 0.2) is 0 Å². The number of nitrogens with zero attached hydrogens (tertiary/aromatic N) is 1. The van der Waals surface area contributed by atoms with Crippen LogP contribution in [0.3, 0.4) is 0 Å². The zero-order valence-corrected chi connectivity index (χ0v) is 12.8. The van der Waals surface area contributed by atoms with Crippen LogP contribution in [0, 0.1) is 0 Å². The molecule has 0 bridgehead atoms. The molecule has 1 aliphatic rings. The Hall–Kier alpha value is -3.40. The van der Waals surface area contributed by atoms with E-state index in [2.05, 4.69) is 10.3 Å². The lowest BCUT2D eigenvalue weighted by Crippen LogP contribution is -2.03. The second-order valence-electron chi connectivity index (χ2n) is 5.40. The van der Waals surface area contributed by atoms with Gasteiger partial charge in [0.2, 0.25) is 5.88 Å². The molecule has 0 aliphatic carbocycles. The van der Waals surface area contributed by atoms with E-state index < -0.39 is 0 Å². The van der Waals surface area contributed by atoms with E-state index in [0.29, 0.717) is 11.5 Å². The van der Waals surface area contributed by atoms with Crippen molar-refractivity contribution in [1.29, 1.82) is 0 Å². The Morgan fingerprint density at radius 3 is 2.50 bits per heavy atom. The Morgan fingerprint density at radius 2 is 1.71 bits per heavy atom. The van der Waals surface area contributed by atoms with Crippen molar-refractivity contribution in [3.05, 3.63) is 84.1 Å². The lowest BCUT2D eigenvalue weighted by atomic mass is 10.1. The first kappa shape index (κ1) is 14.2. The molecule has 3 aromatic rings. The van der Waals surface area contributed by atoms with Crippen molar-refractivity contribution in [2.24, 2.45) is 0 Å². The van der Waals surface area contributed by atoms with E-state index in [0.717, 1.165) is 22.6 Å². The van der Waals surface area contributed by atoms with Gasteiger partial charge in [-0.25, -0.2) is 4.98 Å². The largest absolute Gasteiger partial charge is 0.439 e. The smallest absolute Gasteiger partial charge is 0.256 e. The summed E-state index contributed by atoms with van der Waals surface area (Å²) in [6.45, 7) is 0. The van der Waals surface area contributed by atoms with E-state index in [1.165, 1.54) is 0 Å². The molecular formula is C20H14N2O2. The van der Waals surface area contributed by atoms with Crippen LogP contribution in [-0.4, -0.2) is 10.9 Å². The predicted molar refractivity (Wildman–Crippen MR) is 93.7 cm³/mol. The number of benzene rings is 2. The van der Waals surface area contributed by atoms with Gasteiger partial charge in [-0.3, -0.25) is 4.79 Å². The SMILES string of the molecule is O=C1Nc2ccccc2/C1=C/c1ccc(Oc2ccccc2)nc1. The molecule has 2 heterocycles. The number of anilines is 1. The fraction of sp³-hybridized carbons (Fsp3) is 0. The molecule has 0 fully saturated rings. The third kappa shape index (κ3) is 2.77. The number of fused-ring (bicyclic) bond motifs is 1. The fourth-order valence-electron chi connectivity index (χ4n) is 2.60. The van der Waals surface area contributed by atoms with Crippen LogP contribution in [0.15, 0.2) is 72.9 Å². The van der Waals surface area contributed by atoms with E-state index >= 15 is 0 Å². The van der Waals surface area contributed by atoms with E-state index in [9.17, 15) is 4.79 Å². The van der Waals surface area contributed by atoms with E-state index in [1.54, 1.807) is 12.3 Å². The summed E-state index contributed by atoms with van der Waals surface area (Å²) in [4.78, 5) is 16.4. The minimum absolute atomic E-state index is 0.0965. The maximum absolute atomic E-state index is 12.1. The predicted octanol–water partition coefficient (Wildman–Crippen LogP) is 4.37. The number of rotatable bonds is 3. The zero-order valence-electron chi connectivity index (χ0n) is 12.8. The van der Waals surface area contributed by atoms with Gasteiger partial charge in [0.05, 0.1) is 0 Å². The van der Waals surface area contributed by atoms with E-state index in [4.69, 9.17) is 4.74 Å². The number of carbonyl (C=O) groups is 1. The maximum Gasteiger partial charge on any atom is 0.256 e. The summed E-state index contributed by atoms with van der Waals surface area (Å²) in [5, 5.41) is 2.86. The molecule has 24 heavy (non-hydrogen) atoms. The highest BCUT2D eigenvalue weighted by Crippen LogP contribution is 2.32. The Morgan fingerprint density at radius 1 is 0.917 bits per heavy atom. The maximum atomic E-state index is 12.1. The normalized spacial score (nSPS) is 14.3. The standard InChI is InChI=1S/C20H14N2O2/c23-20-17(16-8-4-5-9-18(16)22-20)12-14-10-11-19(21-13-14)24-15-6-2-1-3-7-15/h1-13H,(H,22,23)/b17-12-. The molecule has 116 valence electrons. The molecule has 1 N–H and O–H groups in total. The highest BCUT2D eigenvalue weighted by atomic mass is 16.5. The molecule has 0 unspecified atom stereocenters. The molecular weight excluding hydrogens is 300 g/mol. The van der Waals surface area contributed by atoms with Gasteiger partial charge in [0.25, 0.3) is 5.91 Å². The number of nitrogens with one attached hydrogen (secondary N) is 1. The molecule has 0 radical (unpaired) electrons. The number of carbonyl (C=O) groups excluding carboxylic acids is 1. The monoisotopic (exact) mass is 314 g/mol. The van der Waals surface area contributed by atoms with Gasteiger partial charge >= 0.3 is 0 Å². The highest BCUT2D eigenvalue weighted by molar-refractivity contribution is 6.34. The van der Waals surface area contributed by atoms with Crippen molar-refractivity contribution in [3.63, 3.8) is 0 Å². The van der Waals surface area contributed by atoms with Crippen LogP contribution in [0.4, 0.5) is 5.69 Å². The third-order valence-corrected chi connectivity index (χ3v) is 3.75. The summed E-state index contributed by atoms with van der Waals surface area (Å²) in [6, 6.07) is 20.8. The average Bonchev–Trinajstić information content (AvgIpc) is 2.93. The Kier molecular flexibility index (Phi) is 3.56. The number of amides is 1. The van der Waals surface area contributed by atoms with Crippen molar-refractivity contribution in [2.45, 2.75) is 0 Å². The Balaban J connectivity index is 1.59. The molecule has 0 atom stereocenters. The average molecular weight is 314 g/mol. The van der Waals surface area contributed by atoms with E-state index in [-0.39, 0.29) is 5.91 Å². The van der Waals surface area contributed by atoms with Gasteiger partial charge < -0.3 is 10.1 Å². The van der Waals surface area contributed by atoms with Gasteiger partial charge in [-0.2, -0.15) is 0 Å². The second-order valence-corrected chi connectivity index (χ2v) is 5.40. The van der Waals surface area contributed by atoms with Gasteiger partial charge in [0, 0.05) is 29.1 Å². The van der Waals surface area contributed by atoms with E-state index in [1.807, 2.05) is 66.7 Å². The second kappa shape index (κ2) is 6.01. The van der Waals surface area contributed by atoms with Gasteiger partial charge in [0.1, 0.15) is 5.75 Å². The van der Waals surface area contributed by atoms with Crippen molar-refractivity contribution in [1.82, 2.24) is 4.98 Å². The van der Waals surface area contributed by atoms with Gasteiger partial charge in [-0.15, -0.1) is 0 Å². The molecule has 1 amide bonds. The molecule has 0 saturated carbocycles. The quantitative estimate of drug-likeness (QED) is 0.730. The van der Waals surface area contributed by atoms with Crippen molar-refractivity contribution in [2.75, 3.05) is 5.32 Å².